The molecule has 1 aliphatic heterocycles. The summed E-state index contributed by atoms with van der Waals surface area (Å²) in [5.74, 6) is 1.52. The van der Waals surface area contributed by atoms with E-state index in [-0.39, 0.29) is 0 Å². The van der Waals surface area contributed by atoms with Crippen LogP contribution < -0.4 is 14.5 Å². The quantitative estimate of drug-likeness (QED) is 0.144. The molecule has 0 unspecified atom stereocenters. The molecule has 18 rings (SSSR count). The van der Waals surface area contributed by atoms with Crippen LogP contribution in [-0.4, -0.2) is 0 Å². The molecule has 16 aromatic rings. The first-order valence-electron chi connectivity index (χ1n) is 30.0. The normalized spacial score (nSPS) is 12.7. The van der Waals surface area contributed by atoms with E-state index < -0.39 is 5.41 Å². The van der Waals surface area contributed by atoms with E-state index in [0.29, 0.717) is 0 Å². The lowest BCUT2D eigenvalue weighted by atomic mass is 9.66. The Bertz CT molecular complexity index is 5390. The van der Waals surface area contributed by atoms with Gasteiger partial charge in [0, 0.05) is 67.7 Å². The number of hydrogen-bond donors (Lipinski definition) is 0. The van der Waals surface area contributed by atoms with Gasteiger partial charge in [0.15, 0.2) is 5.58 Å². The van der Waals surface area contributed by atoms with Gasteiger partial charge in [-0.2, -0.15) is 0 Å². The second-order valence-electron chi connectivity index (χ2n) is 23.0. The number of furan rings is 2. The fraction of sp³-hybridized carbons (Fsp3) is 0.0120. The summed E-state index contributed by atoms with van der Waals surface area (Å²) in [7, 11) is 0. The van der Waals surface area contributed by atoms with Gasteiger partial charge < -0.3 is 23.4 Å². The maximum atomic E-state index is 7.67. The van der Waals surface area contributed by atoms with Crippen molar-refractivity contribution >= 4 is 88.8 Å². The van der Waals surface area contributed by atoms with E-state index in [1.807, 2.05) is 6.07 Å². The standard InChI is InChI=1S/C83H52N2O3/c1-4-20-53(21-5-1)55-38-40-60(41-39-55)84(73-48-45-64(58-37-36-54-22-10-11-25-57(54)50-58)81-80(73)68-31-15-19-35-76(68)87-81)61-42-46-71-77(51-61)86-78-52-62(43-47-72(78)83(71)69-32-16-12-28-65(69)66-29-13-17-33-70(66)83)85(59-26-8-3-9-27-59)74-49-44-63(56-23-6-2-7-24-56)79-67-30-14-18-34-75(67)88-82(74)79/h1-52H. The molecule has 14 aromatic carbocycles. The summed E-state index contributed by atoms with van der Waals surface area (Å²) in [6.45, 7) is 0. The zero-order valence-corrected chi connectivity index (χ0v) is 47.6. The molecule has 0 radical (unpaired) electrons. The molecule has 0 fully saturated rings. The van der Waals surface area contributed by atoms with Crippen molar-refractivity contribution in [2.45, 2.75) is 5.41 Å². The average molecular weight is 1130 g/mol. The largest absolute Gasteiger partial charge is 0.457 e. The molecule has 3 heterocycles. The highest BCUT2D eigenvalue weighted by Gasteiger charge is 2.51. The van der Waals surface area contributed by atoms with Gasteiger partial charge in [0.1, 0.15) is 28.2 Å². The molecular formula is C83H52N2O3. The monoisotopic (exact) mass is 1120 g/mol. The molecule has 1 spiro atoms. The smallest absolute Gasteiger partial charge is 0.160 e. The molecular weight excluding hydrogens is 1070 g/mol. The zero-order chi connectivity index (χ0) is 57.9. The van der Waals surface area contributed by atoms with Crippen molar-refractivity contribution in [2.24, 2.45) is 0 Å². The van der Waals surface area contributed by atoms with E-state index in [1.54, 1.807) is 0 Å². The van der Waals surface area contributed by atoms with Crippen LogP contribution >= 0.6 is 0 Å². The SMILES string of the molecule is c1ccc(-c2ccc(N(c3ccc4c(c3)Oc3cc(N(c5ccccc5)c5ccc(-c6ccccc6)c6c5oc5ccccc56)ccc3C43c4ccccc4-c4ccccc43)c3ccc(-c4ccc5ccccc5c4)c4oc5ccccc5c34)cc2)cc1. The Morgan fingerprint density at radius 2 is 0.739 bits per heavy atom. The third-order valence-corrected chi connectivity index (χ3v) is 18.3. The zero-order valence-electron chi connectivity index (χ0n) is 47.6. The predicted octanol–water partition coefficient (Wildman–Crippen LogP) is 23.0. The number of benzene rings is 14. The molecule has 5 heteroatoms. The van der Waals surface area contributed by atoms with Gasteiger partial charge in [-0.1, -0.05) is 231 Å². The first-order valence-corrected chi connectivity index (χ1v) is 30.0. The number of fused-ring (bicyclic) bond motifs is 16. The molecule has 5 nitrogen and oxygen atoms in total. The van der Waals surface area contributed by atoms with E-state index >= 15 is 0 Å². The summed E-state index contributed by atoms with van der Waals surface area (Å²) >= 11 is 0. The number of ether oxygens (including phenoxy) is 1. The van der Waals surface area contributed by atoms with Gasteiger partial charge in [-0.05, 0) is 134 Å². The van der Waals surface area contributed by atoms with Crippen molar-refractivity contribution in [3.8, 4) is 56.0 Å². The second kappa shape index (κ2) is 19.7. The molecule has 0 atom stereocenters. The minimum Gasteiger partial charge on any atom is -0.457 e. The van der Waals surface area contributed by atoms with Gasteiger partial charge in [0.25, 0.3) is 0 Å². The van der Waals surface area contributed by atoms with Crippen LogP contribution in [0.2, 0.25) is 0 Å². The second-order valence-corrected chi connectivity index (χ2v) is 23.0. The molecule has 0 saturated heterocycles. The number of hydrogen-bond acceptors (Lipinski definition) is 5. The van der Waals surface area contributed by atoms with Crippen LogP contribution in [0.1, 0.15) is 22.3 Å². The van der Waals surface area contributed by atoms with Crippen molar-refractivity contribution < 1.29 is 13.6 Å². The van der Waals surface area contributed by atoms with Crippen LogP contribution in [0, 0.1) is 0 Å². The summed E-state index contributed by atoms with van der Waals surface area (Å²) in [6.07, 6.45) is 0. The molecule has 2 aromatic heterocycles. The Labute approximate surface area is 508 Å². The van der Waals surface area contributed by atoms with Crippen LogP contribution in [-0.2, 0) is 5.41 Å². The lowest BCUT2D eigenvalue weighted by Gasteiger charge is -2.40. The van der Waals surface area contributed by atoms with Crippen LogP contribution in [0.25, 0.3) is 99.2 Å². The van der Waals surface area contributed by atoms with E-state index in [1.165, 1.54) is 33.0 Å². The third-order valence-electron chi connectivity index (χ3n) is 18.3. The third kappa shape index (κ3) is 7.54. The van der Waals surface area contributed by atoms with Gasteiger partial charge >= 0.3 is 0 Å². The van der Waals surface area contributed by atoms with Crippen molar-refractivity contribution in [3.05, 3.63) is 338 Å². The van der Waals surface area contributed by atoms with Gasteiger partial charge in [0.2, 0.25) is 0 Å². The Morgan fingerprint density at radius 1 is 0.261 bits per heavy atom. The summed E-state index contributed by atoms with van der Waals surface area (Å²) < 4.78 is 21.7. The van der Waals surface area contributed by atoms with Crippen LogP contribution in [0.3, 0.4) is 0 Å². The Kier molecular flexibility index (Phi) is 11.1. The molecule has 0 amide bonds. The summed E-state index contributed by atoms with van der Waals surface area (Å²) in [4.78, 5) is 4.71. The number of rotatable bonds is 9. The molecule has 412 valence electrons. The van der Waals surface area contributed by atoms with Crippen molar-refractivity contribution in [3.63, 3.8) is 0 Å². The maximum absolute atomic E-state index is 7.67. The molecule has 0 bridgehead atoms. The lowest BCUT2D eigenvalue weighted by molar-refractivity contribution is 0.436. The molecule has 0 saturated carbocycles. The highest BCUT2D eigenvalue weighted by atomic mass is 16.5. The molecule has 88 heavy (non-hydrogen) atoms. The highest BCUT2D eigenvalue weighted by Crippen LogP contribution is 2.63. The topological polar surface area (TPSA) is 42.0 Å². The number of nitrogens with zero attached hydrogens (tertiary/aromatic N) is 2. The van der Waals surface area contributed by atoms with Gasteiger partial charge in [-0.15, -0.1) is 0 Å². The fourth-order valence-corrected chi connectivity index (χ4v) is 14.5. The molecule has 1 aliphatic carbocycles. The van der Waals surface area contributed by atoms with Crippen molar-refractivity contribution in [2.75, 3.05) is 9.80 Å². The predicted molar refractivity (Wildman–Crippen MR) is 362 cm³/mol. The highest BCUT2D eigenvalue weighted by molar-refractivity contribution is 6.18. The summed E-state index contributed by atoms with van der Waals surface area (Å²) in [5, 5.41) is 6.56. The van der Waals surface area contributed by atoms with Gasteiger partial charge in [-0.3, -0.25) is 0 Å². The maximum Gasteiger partial charge on any atom is 0.160 e. The molecule has 0 N–H and O–H groups in total. The molecule has 2 aliphatic rings. The van der Waals surface area contributed by atoms with Crippen LogP contribution in [0.5, 0.6) is 11.5 Å². The van der Waals surface area contributed by atoms with E-state index in [9.17, 15) is 0 Å². The Hall–Kier alpha value is -11.7. The average Bonchev–Trinajstić information content (AvgIpc) is 1.49. The number of anilines is 6. The van der Waals surface area contributed by atoms with E-state index in [2.05, 4.69) is 319 Å². The minimum absolute atomic E-state index is 0.744. The van der Waals surface area contributed by atoms with E-state index in [0.717, 1.165) is 134 Å². The van der Waals surface area contributed by atoms with Gasteiger partial charge in [0.05, 0.1) is 22.2 Å². The van der Waals surface area contributed by atoms with Crippen LogP contribution in [0.15, 0.2) is 324 Å². The number of para-hydroxylation sites is 3. The van der Waals surface area contributed by atoms with Gasteiger partial charge in [-0.25, -0.2) is 0 Å². The van der Waals surface area contributed by atoms with Crippen molar-refractivity contribution in [1.29, 1.82) is 0 Å². The Balaban J connectivity index is 0.867. The minimum atomic E-state index is -0.744. The fourth-order valence-electron chi connectivity index (χ4n) is 14.5. The lowest BCUT2D eigenvalue weighted by Crippen LogP contribution is -2.32. The van der Waals surface area contributed by atoms with Crippen molar-refractivity contribution in [1.82, 2.24) is 0 Å². The summed E-state index contributed by atoms with van der Waals surface area (Å²) in [6, 6.07) is 113. The Morgan fingerprint density at radius 3 is 1.41 bits per heavy atom. The first kappa shape index (κ1) is 49.7. The van der Waals surface area contributed by atoms with Crippen LogP contribution in [0.4, 0.5) is 34.1 Å². The van der Waals surface area contributed by atoms with E-state index in [4.69, 9.17) is 13.6 Å². The summed E-state index contributed by atoms with van der Waals surface area (Å²) in [5.41, 5.74) is 21.9. The first-order chi connectivity index (χ1) is 43.6.